The van der Waals surface area contributed by atoms with E-state index in [1.54, 1.807) is 30.7 Å². The Labute approximate surface area is 150 Å². The Balaban J connectivity index is 1.79. The summed E-state index contributed by atoms with van der Waals surface area (Å²) in [6, 6.07) is 9.11. The fourth-order valence-corrected chi connectivity index (χ4v) is 2.78. The van der Waals surface area contributed by atoms with Gasteiger partial charge in [-0.1, -0.05) is 11.6 Å². The van der Waals surface area contributed by atoms with Crippen molar-refractivity contribution in [1.82, 2.24) is 20.0 Å². The highest BCUT2D eigenvalue weighted by Gasteiger charge is 2.11. The van der Waals surface area contributed by atoms with Crippen molar-refractivity contribution in [3.63, 3.8) is 0 Å². The molecule has 0 radical (unpaired) electrons. The molecule has 0 aliphatic rings. The normalized spacial score (nSPS) is 11.0. The lowest BCUT2D eigenvalue weighted by atomic mass is 10.2. The number of hydrazone groups is 1. The van der Waals surface area contributed by atoms with E-state index >= 15 is 0 Å². The lowest BCUT2D eigenvalue weighted by Gasteiger charge is -2.08. The van der Waals surface area contributed by atoms with Gasteiger partial charge in [0.2, 0.25) is 0 Å². The van der Waals surface area contributed by atoms with E-state index in [9.17, 15) is 4.79 Å². The van der Waals surface area contributed by atoms with Crippen molar-refractivity contribution < 1.29 is 4.79 Å². The van der Waals surface area contributed by atoms with Gasteiger partial charge < -0.3 is 4.57 Å². The number of aromatic nitrogens is 3. The van der Waals surface area contributed by atoms with Crippen molar-refractivity contribution >= 4 is 23.7 Å². The third kappa shape index (κ3) is 3.59. The molecule has 25 heavy (non-hydrogen) atoms. The Bertz CT molecular complexity index is 934. The zero-order valence-electron chi connectivity index (χ0n) is 13.8. The number of hydrogen-bond donors (Lipinski definition) is 1. The lowest BCUT2D eigenvalue weighted by Crippen LogP contribution is -2.18. The van der Waals surface area contributed by atoms with E-state index in [-0.39, 0.29) is 10.7 Å². The van der Waals surface area contributed by atoms with Crippen LogP contribution in [0, 0.1) is 13.8 Å². The van der Waals surface area contributed by atoms with Crippen molar-refractivity contribution in [3.05, 3.63) is 76.6 Å². The number of carbonyl (C=O) groups is 1. The second-order valence-corrected chi connectivity index (χ2v) is 5.77. The molecule has 0 atom stereocenters. The molecule has 0 aromatic carbocycles. The average molecular weight is 354 g/mol. The zero-order valence-corrected chi connectivity index (χ0v) is 14.5. The van der Waals surface area contributed by atoms with Crippen LogP contribution < -0.4 is 5.43 Å². The van der Waals surface area contributed by atoms with Gasteiger partial charge in [-0.2, -0.15) is 5.10 Å². The summed E-state index contributed by atoms with van der Waals surface area (Å²) in [6.07, 6.45) is 6.67. The maximum Gasteiger partial charge on any atom is 0.274 e. The number of rotatable bonds is 4. The topological polar surface area (TPSA) is 72.2 Å². The van der Waals surface area contributed by atoms with Gasteiger partial charge in [-0.25, -0.2) is 10.4 Å². The van der Waals surface area contributed by atoms with Crippen molar-refractivity contribution in [2.24, 2.45) is 5.10 Å². The molecule has 0 aliphatic carbocycles. The van der Waals surface area contributed by atoms with Gasteiger partial charge in [-0.15, -0.1) is 0 Å². The highest BCUT2D eigenvalue weighted by Crippen LogP contribution is 2.18. The molecule has 3 rings (SSSR count). The SMILES string of the molecule is Cc1cc(C=NNC(=O)c2cccnc2Cl)c(C)n1-c1cccnc1. The van der Waals surface area contributed by atoms with E-state index in [1.807, 2.05) is 32.0 Å². The van der Waals surface area contributed by atoms with Crippen molar-refractivity contribution in [2.75, 3.05) is 0 Å². The van der Waals surface area contributed by atoms with Gasteiger partial charge in [0.05, 0.1) is 23.7 Å². The van der Waals surface area contributed by atoms with Crippen LogP contribution in [0.3, 0.4) is 0 Å². The van der Waals surface area contributed by atoms with Gasteiger partial charge in [-0.3, -0.25) is 9.78 Å². The van der Waals surface area contributed by atoms with E-state index in [4.69, 9.17) is 11.6 Å². The highest BCUT2D eigenvalue weighted by atomic mass is 35.5. The molecule has 0 saturated carbocycles. The van der Waals surface area contributed by atoms with Crippen molar-refractivity contribution in [3.8, 4) is 5.69 Å². The van der Waals surface area contributed by atoms with Crippen molar-refractivity contribution in [1.29, 1.82) is 0 Å². The minimum atomic E-state index is -0.407. The molecule has 3 aromatic heterocycles. The van der Waals surface area contributed by atoms with Crippen molar-refractivity contribution in [2.45, 2.75) is 13.8 Å². The van der Waals surface area contributed by atoms with Gasteiger partial charge in [0.25, 0.3) is 5.91 Å². The standard InChI is InChI=1S/C18H16ClN5O/c1-12-9-14(13(2)24(12)15-5-3-7-20-11-15)10-22-23-18(25)16-6-4-8-21-17(16)19/h3-11H,1-2H3,(H,23,25). The van der Waals surface area contributed by atoms with E-state index in [2.05, 4.69) is 25.1 Å². The Morgan fingerprint density at radius 2 is 2.08 bits per heavy atom. The Morgan fingerprint density at radius 3 is 2.80 bits per heavy atom. The van der Waals surface area contributed by atoms with Gasteiger partial charge in [-0.05, 0) is 44.2 Å². The van der Waals surface area contributed by atoms with Crippen LogP contribution in [0.4, 0.5) is 0 Å². The third-order valence-corrected chi connectivity index (χ3v) is 4.05. The number of nitrogens with one attached hydrogen (secondary N) is 1. The highest BCUT2D eigenvalue weighted by molar-refractivity contribution is 6.32. The molecule has 0 fully saturated rings. The largest absolute Gasteiger partial charge is 0.316 e. The molecule has 0 aliphatic heterocycles. The van der Waals surface area contributed by atoms with Crippen LogP contribution in [0.1, 0.15) is 27.3 Å². The first-order valence-electron chi connectivity index (χ1n) is 7.61. The second-order valence-electron chi connectivity index (χ2n) is 5.41. The van der Waals surface area contributed by atoms with Gasteiger partial charge in [0.1, 0.15) is 5.15 Å². The summed E-state index contributed by atoms with van der Waals surface area (Å²) in [4.78, 5) is 20.1. The lowest BCUT2D eigenvalue weighted by molar-refractivity contribution is 0.0955. The fourth-order valence-electron chi connectivity index (χ4n) is 2.58. The molecule has 126 valence electrons. The summed E-state index contributed by atoms with van der Waals surface area (Å²) in [5.41, 5.74) is 6.68. The number of nitrogens with zero attached hydrogens (tertiary/aromatic N) is 4. The Morgan fingerprint density at radius 1 is 1.28 bits per heavy atom. The minimum Gasteiger partial charge on any atom is -0.316 e. The smallest absolute Gasteiger partial charge is 0.274 e. The number of aryl methyl sites for hydroxylation is 1. The molecule has 0 bridgehead atoms. The van der Waals surface area contributed by atoms with Crippen LogP contribution >= 0.6 is 11.6 Å². The first kappa shape index (κ1) is 16.9. The molecule has 7 heteroatoms. The van der Waals surface area contributed by atoms with Gasteiger partial charge in [0.15, 0.2) is 0 Å². The molecule has 0 unspecified atom stereocenters. The fraction of sp³-hybridized carbons (Fsp3) is 0.111. The summed E-state index contributed by atoms with van der Waals surface area (Å²) < 4.78 is 2.08. The Hall–Kier alpha value is -2.99. The minimum absolute atomic E-state index is 0.143. The molecular weight excluding hydrogens is 338 g/mol. The van der Waals surface area contributed by atoms with E-state index in [0.717, 1.165) is 22.6 Å². The number of amides is 1. The first-order chi connectivity index (χ1) is 12.1. The predicted molar refractivity (Wildman–Crippen MR) is 97.3 cm³/mol. The predicted octanol–water partition coefficient (Wildman–Crippen LogP) is 3.30. The molecule has 3 aromatic rings. The monoisotopic (exact) mass is 353 g/mol. The molecule has 3 heterocycles. The van der Waals surface area contributed by atoms with Crippen LogP contribution in [0.2, 0.25) is 5.15 Å². The molecule has 6 nitrogen and oxygen atoms in total. The summed E-state index contributed by atoms with van der Waals surface area (Å²) in [5.74, 6) is -0.407. The maximum absolute atomic E-state index is 12.1. The number of pyridine rings is 2. The van der Waals surface area contributed by atoms with Crippen LogP contribution in [0.25, 0.3) is 5.69 Å². The number of hydrogen-bond acceptors (Lipinski definition) is 4. The summed E-state index contributed by atoms with van der Waals surface area (Å²) in [5, 5.41) is 4.17. The van der Waals surface area contributed by atoms with Crippen LogP contribution in [0.15, 0.2) is 54.0 Å². The summed E-state index contributed by atoms with van der Waals surface area (Å²) >= 11 is 5.90. The molecular formula is C18H16ClN5O. The van der Waals surface area contributed by atoms with Crippen LogP contribution in [-0.2, 0) is 0 Å². The zero-order chi connectivity index (χ0) is 17.8. The van der Waals surface area contributed by atoms with Gasteiger partial charge in [0, 0.05) is 29.3 Å². The van der Waals surface area contributed by atoms with Crippen LogP contribution in [-0.4, -0.2) is 26.7 Å². The Kier molecular flexibility index (Phi) is 4.90. The van der Waals surface area contributed by atoms with Crippen LogP contribution in [0.5, 0.6) is 0 Å². The summed E-state index contributed by atoms with van der Waals surface area (Å²) in [7, 11) is 0. The first-order valence-corrected chi connectivity index (χ1v) is 7.99. The molecule has 1 N–H and O–H groups in total. The second kappa shape index (κ2) is 7.27. The maximum atomic E-state index is 12.1. The van der Waals surface area contributed by atoms with Gasteiger partial charge >= 0.3 is 0 Å². The number of halogens is 1. The molecule has 0 saturated heterocycles. The summed E-state index contributed by atoms with van der Waals surface area (Å²) in [6.45, 7) is 3.99. The van der Waals surface area contributed by atoms with E-state index < -0.39 is 5.91 Å². The molecule has 0 spiro atoms. The van der Waals surface area contributed by atoms with E-state index in [1.165, 1.54) is 6.20 Å². The quantitative estimate of drug-likeness (QED) is 0.444. The third-order valence-electron chi connectivity index (χ3n) is 3.75. The number of carbonyl (C=O) groups excluding carboxylic acids is 1. The molecule has 1 amide bonds. The average Bonchev–Trinajstić information content (AvgIpc) is 2.89. The van der Waals surface area contributed by atoms with E-state index in [0.29, 0.717) is 0 Å².